The van der Waals surface area contributed by atoms with Crippen LogP contribution in [0.25, 0.3) is 16.5 Å². The zero-order chi connectivity index (χ0) is 11.7. The van der Waals surface area contributed by atoms with Crippen molar-refractivity contribution in [1.82, 2.24) is 9.78 Å². The zero-order valence-electron chi connectivity index (χ0n) is 9.18. The molecule has 0 spiro atoms. The second-order valence-electron chi connectivity index (χ2n) is 3.92. The van der Waals surface area contributed by atoms with Gasteiger partial charge in [0.1, 0.15) is 0 Å². The van der Waals surface area contributed by atoms with Gasteiger partial charge in [0.15, 0.2) is 0 Å². The van der Waals surface area contributed by atoms with Gasteiger partial charge in [-0.3, -0.25) is 0 Å². The molecule has 0 fully saturated rings. The smallest absolute Gasteiger partial charge is 0.0776 e. The number of nitrogens with zero attached hydrogens (tertiary/aromatic N) is 2. The van der Waals surface area contributed by atoms with Crippen molar-refractivity contribution >= 4 is 22.4 Å². The van der Waals surface area contributed by atoms with Crippen LogP contribution >= 0.6 is 11.6 Å². The minimum atomic E-state index is 0.445. The van der Waals surface area contributed by atoms with E-state index in [0.717, 1.165) is 11.4 Å². The van der Waals surface area contributed by atoms with Crippen LogP contribution in [0.15, 0.2) is 54.7 Å². The Kier molecular flexibility index (Phi) is 2.57. The van der Waals surface area contributed by atoms with Gasteiger partial charge >= 0.3 is 0 Å². The molecule has 0 unspecified atom stereocenters. The predicted octanol–water partition coefficient (Wildman–Crippen LogP) is 3.76. The fourth-order valence-electron chi connectivity index (χ4n) is 1.90. The largest absolute Gasteiger partial charge is 0.241 e. The summed E-state index contributed by atoms with van der Waals surface area (Å²) in [6.45, 7) is 0. The van der Waals surface area contributed by atoms with Crippen LogP contribution in [0.4, 0.5) is 0 Å². The first-order chi connectivity index (χ1) is 8.36. The second-order valence-corrected chi connectivity index (χ2v) is 4.18. The van der Waals surface area contributed by atoms with Crippen molar-refractivity contribution in [3.63, 3.8) is 0 Å². The topological polar surface area (TPSA) is 17.8 Å². The molecule has 0 radical (unpaired) electrons. The van der Waals surface area contributed by atoms with Crippen LogP contribution in [0.5, 0.6) is 0 Å². The lowest BCUT2D eigenvalue weighted by molar-refractivity contribution is 0.860. The van der Waals surface area contributed by atoms with Crippen LogP contribution in [0, 0.1) is 0 Å². The molecule has 0 atom stereocenters. The first-order valence-corrected chi connectivity index (χ1v) is 6.00. The van der Waals surface area contributed by atoms with Gasteiger partial charge in [-0.2, -0.15) is 5.10 Å². The Bertz CT molecular complexity index is 658. The van der Waals surface area contributed by atoms with E-state index in [1.54, 1.807) is 0 Å². The van der Waals surface area contributed by atoms with Gasteiger partial charge < -0.3 is 0 Å². The second kappa shape index (κ2) is 4.22. The average Bonchev–Trinajstić information content (AvgIpc) is 2.87. The van der Waals surface area contributed by atoms with Crippen molar-refractivity contribution < 1.29 is 0 Å². The van der Waals surface area contributed by atoms with Crippen molar-refractivity contribution in [2.24, 2.45) is 0 Å². The number of hydrogen-bond donors (Lipinski definition) is 0. The zero-order valence-corrected chi connectivity index (χ0v) is 9.93. The van der Waals surface area contributed by atoms with Crippen LogP contribution in [0.1, 0.15) is 5.69 Å². The van der Waals surface area contributed by atoms with Gasteiger partial charge in [-0.05, 0) is 29.0 Å². The third-order valence-electron chi connectivity index (χ3n) is 2.78. The summed E-state index contributed by atoms with van der Waals surface area (Å²) >= 11 is 5.75. The van der Waals surface area contributed by atoms with E-state index in [4.69, 9.17) is 11.6 Å². The Morgan fingerprint density at radius 2 is 1.82 bits per heavy atom. The number of fused-ring (bicyclic) bond motifs is 1. The van der Waals surface area contributed by atoms with Gasteiger partial charge in [0, 0.05) is 6.20 Å². The standard InChI is InChI=1S/C14H11ClN2/c15-10-13-7-8-17(16-13)14-6-5-11-3-1-2-4-12(11)9-14/h1-9H,10H2. The molecule has 3 aromatic rings. The first kappa shape index (κ1) is 10.4. The number of benzene rings is 2. The highest BCUT2D eigenvalue weighted by Crippen LogP contribution is 2.18. The molecular formula is C14H11ClN2. The Hall–Kier alpha value is -1.80. The number of hydrogen-bond acceptors (Lipinski definition) is 1. The first-order valence-electron chi connectivity index (χ1n) is 5.46. The van der Waals surface area contributed by atoms with Gasteiger partial charge in [-0.15, -0.1) is 11.6 Å². The quantitative estimate of drug-likeness (QED) is 0.626. The Balaban J connectivity index is 2.11. The van der Waals surface area contributed by atoms with E-state index in [1.165, 1.54) is 10.8 Å². The van der Waals surface area contributed by atoms with E-state index in [-0.39, 0.29) is 0 Å². The maximum atomic E-state index is 5.75. The maximum Gasteiger partial charge on any atom is 0.0776 e. The number of halogens is 1. The highest BCUT2D eigenvalue weighted by Gasteiger charge is 2.01. The van der Waals surface area contributed by atoms with Crippen LogP contribution in [-0.2, 0) is 5.88 Å². The Morgan fingerprint density at radius 3 is 2.59 bits per heavy atom. The summed E-state index contributed by atoms with van der Waals surface area (Å²) < 4.78 is 1.85. The van der Waals surface area contributed by atoms with E-state index < -0.39 is 0 Å². The minimum Gasteiger partial charge on any atom is -0.241 e. The molecule has 0 amide bonds. The van der Waals surface area contributed by atoms with E-state index in [9.17, 15) is 0 Å². The molecule has 2 nitrogen and oxygen atoms in total. The normalized spacial score (nSPS) is 10.9. The summed E-state index contributed by atoms with van der Waals surface area (Å²) in [4.78, 5) is 0. The third kappa shape index (κ3) is 1.92. The SMILES string of the molecule is ClCc1ccn(-c2ccc3ccccc3c2)n1. The number of rotatable bonds is 2. The minimum absolute atomic E-state index is 0.445. The predicted molar refractivity (Wildman–Crippen MR) is 70.6 cm³/mol. The van der Waals surface area contributed by atoms with Crippen molar-refractivity contribution in [2.45, 2.75) is 5.88 Å². The van der Waals surface area contributed by atoms with Gasteiger partial charge in [0.25, 0.3) is 0 Å². The molecule has 17 heavy (non-hydrogen) atoms. The van der Waals surface area contributed by atoms with Crippen LogP contribution in [0.3, 0.4) is 0 Å². The van der Waals surface area contributed by atoms with E-state index >= 15 is 0 Å². The molecule has 0 bridgehead atoms. The molecule has 2 aromatic carbocycles. The highest BCUT2D eigenvalue weighted by molar-refractivity contribution is 6.16. The van der Waals surface area contributed by atoms with Crippen LogP contribution in [0.2, 0.25) is 0 Å². The summed E-state index contributed by atoms with van der Waals surface area (Å²) in [5, 5.41) is 6.84. The van der Waals surface area contributed by atoms with Crippen molar-refractivity contribution in [3.8, 4) is 5.69 Å². The van der Waals surface area contributed by atoms with E-state index in [1.807, 2.05) is 29.1 Å². The lowest BCUT2D eigenvalue weighted by Crippen LogP contribution is -1.95. The van der Waals surface area contributed by atoms with Crippen LogP contribution < -0.4 is 0 Å². The number of aromatic nitrogens is 2. The molecule has 0 N–H and O–H groups in total. The third-order valence-corrected chi connectivity index (χ3v) is 3.05. The van der Waals surface area contributed by atoms with Crippen molar-refractivity contribution in [3.05, 3.63) is 60.4 Å². The monoisotopic (exact) mass is 242 g/mol. The molecule has 3 rings (SSSR count). The van der Waals surface area contributed by atoms with Crippen molar-refractivity contribution in [1.29, 1.82) is 0 Å². The molecule has 0 aliphatic carbocycles. The molecule has 1 heterocycles. The van der Waals surface area contributed by atoms with Crippen LogP contribution in [-0.4, -0.2) is 9.78 Å². The van der Waals surface area contributed by atoms with E-state index in [2.05, 4.69) is 35.4 Å². The van der Waals surface area contributed by atoms with E-state index in [0.29, 0.717) is 5.88 Å². The number of alkyl halides is 1. The Morgan fingerprint density at radius 1 is 1.00 bits per heavy atom. The summed E-state index contributed by atoms with van der Waals surface area (Å²) in [7, 11) is 0. The molecular weight excluding hydrogens is 232 g/mol. The summed E-state index contributed by atoms with van der Waals surface area (Å²) in [5.41, 5.74) is 1.94. The molecule has 1 aromatic heterocycles. The highest BCUT2D eigenvalue weighted by atomic mass is 35.5. The molecule has 0 aliphatic rings. The lowest BCUT2D eigenvalue weighted by Gasteiger charge is -2.03. The van der Waals surface area contributed by atoms with Gasteiger partial charge in [0.2, 0.25) is 0 Å². The van der Waals surface area contributed by atoms with Crippen molar-refractivity contribution in [2.75, 3.05) is 0 Å². The fourth-order valence-corrected chi connectivity index (χ4v) is 2.04. The van der Waals surface area contributed by atoms with Gasteiger partial charge in [-0.1, -0.05) is 30.3 Å². The lowest BCUT2D eigenvalue weighted by atomic mass is 10.1. The average molecular weight is 243 g/mol. The summed E-state index contributed by atoms with van der Waals surface area (Å²) in [6, 6.07) is 16.5. The fraction of sp³-hybridized carbons (Fsp3) is 0.0714. The maximum absolute atomic E-state index is 5.75. The van der Waals surface area contributed by atoms with Gasteiger partial charge in [-0.25, -0.2) is 4.68 Å². The molecule has 0 saturated heterocycles. The summed E-state index contributed by atoms with van der Waals surface area (Å²) in [5.74, 6) is 0.445. The molecule has 84 valence electrons. The molecule has 0 aliphatic heterocycles. The van der Waals surface area contributed by atoms with Gasteiger partial charge in [0.05, 0.1) is 17.3 Å². The molecule has 0 saturated carbocycles. The Labute approximate surface area is 104 Å². The summed E-state index contributed by atoms with van der Waals surface area (Å²) in [6.07, 6.45) is 1.93. The molecule has 3 heteroatoms.